The highest BCUT2D eigenvalue weighted by atomic mass is 16.5. The molecule has 2 heteroatoms. The molecule has 0 amide bonds. The molecular weight excluding hydrogens is 222 g/mol. The van der Waals surface area contributed by atoms with Crippen LogP contribution < -0.4 is 5.32 Å². The van der Waals surface area contributed by atoms with Crippen LogP contribution in [0.5, 0.6) is 0 Å². The van der Waals surface area contributed by atoms with Crippen molar-refractivity contribution in [2.24, 2.45) is 0 Å². The molecule has 1 unspecified atom stereocenters. The highest BCUT2D eigenvalue weighted by molar-refractivity contribution is 5.22. The van der Waals surface area contributed by atoms with Crippen LogP contribution in [0, 0.1) is 6.92 Å². The molecule has 0 radical (unpaired) electrons. The first kappa shape index (κ1) is 15.2. The Kier molecular flexibility index (Phi) is 5.83. The second-order valence-electron chi connectivity index (χ2n) is 5.01. The standard InChI is InChI=1S/C16H27NO/c1-6-16(7-2,18-5)15(17-4)12-14-10-8-13(3)9-11-14/h8-11,15,17H,6-7,12H2,1-5H3. The molecule has 0 bridgehead atoms. The number of rotatable bonds is 7. The lowest BCUT2D eigenvalue weighted by Gasteiger charge is -2.38. The van der Waals surface area contributed by atoms with Crippen LogP contribution in [0.3, 0.4) is 0 Å². The number of hydrogen-bond acceptors (Lipinski definition) is 2. The summed E-state index contributed by atoms with van der Waals surface area (Å²) in [6.07, 6.45) is 3.06. The number of nitrogens with one attached hydrogen (secondary N) is 1. The lowest BCUT2D eigenvalue weighted by molar-refractivity contribution is -0.0454. The van der Waals surface area contributed by atoms with Gasteiger partial charge in [-0.05, 0) is 38.8 Å². The van der Waals surface area contributed by atoms with Crippen molar-refractivity contribution in [2.75, 3.05) is 14.2 Å². The van der Waals surface area contributed by atoms with E-state index < -0.39 is 0 Å². The van der Waals surface area contributed by atoms with Crippen LogP contribution in [-0.4, -0.2) is 25.8 Å². The molecule has 1 atom stereocenters. The summed E-state index contributed by atoms with van der Waals surface area (Å²) in [6, 6.07) is 9.12. The second kappa shape index (κ2) is 6.91. The quantitative estimate of drug-likeness (QED) is 0.800. The molecule has 0 aliphatic carbocycles. The van der Waals surface area contributed by atoms with Gasteiger partial charge in [-0.15, -0.1) is 0 Å². The monoisotopic (exact) mass is 249 g/mol. The largest absolute Gasteiger partial charge is 0.377 e. The molecule has 1 aromatic rings. The van der Waals surface area contributed by atoms with Crippen LogP contribution in [0.1, 0.15) is 37.8 Å². The Labute approximate surface area is 112 Å². The van der Waals surface area contributed by atoms with E-state index in [2.05, 4.69) is 50.4 Å². The van der Waals surface area contributed by atoms with Gasteiger partial charge >= 0.3 is 0 Å². The first-order chi connectivity index (χ1) is 8.61. The maximum Gasteiger partial charge on any atom is 0.0828 e. The van der Waals surface area contributed by atoms with Gasteiger partial charge in [-0.3, -0.25) is 0 Å². The topological polar surface area (TPSA) is 21.3 Å². The number of likely N-dealkylation sites (N-methyl/N-ethyl adjacent to an activating group) is 1. The normalized spacial score (nSPS) is 13.6. The molecule has 2 nitrogen and oxygen atoms in total. The van der Waals surface area contributed by atoms with Gasteiger partial charge in [-0.25, -0.2) is 0 Å². The Hall–Kier alpha value is -0.860. The number of hydrogen-bond donors (Lipinski definition) is 1. The van der Waals surface area contributed by atoms with Crippen molar-refractivity contribution in [2.45, 2.75) is 51.7 Å². The fourth-order valence-electron chi connectivity index (χ4n) is 2.68. The average Bonchev–Trinajstić information content (AvgIpc) is 2.42. The minimum absolute atomic E-state index is 0.0698. The van der Waals surface area contributed by atoms with E-state index in [0.29, 0.717) is 6.04 Å². The van der Waals surface area contributed by atoms with Gasteiger partial charge in [-0.2, -0.15) is 0 Å². The minimum Gasteiger partial charge on any atom is -0.377 e. The van der Waals surface area contributed by atoms with Crippen molar-refractivity contribution in [1.82, 2.24) is 5.32 Å². The lowest BCUT2D eigenvalue weighted by Crippen LogP contribution is -2.51. The van der Waals surface area contributed by atoms with E-state index in [-0.39, 0.29) is 5.60 Å². The smallest absolute Gasteiger partial charge is 0.0828 e. The first-order valence-electron chi connectivity index (χ1n) is 6.89. The molecule has 102 valence electrons. The van der Waals surface area contributed by atoms with E-state index in [1.54, 1.807) is 0 Å². The van der Waals surface area contributed by atoms with Gasteiger partial charge in [0, 0.05) is 13.2 Å². The van der Waals surface area contributed by atoms with Crippen LogP contribution in [0.15, 0.2) is 24.3 Å². The maximum atomic E-state index is 5.82. The number of ether oxygens (including phenoxy) is 1. The van der Waals surface area contributed by atoms with Crippen molar-refractivity contribution >= 4 is 0 Å². The van der Waals surface area contributed by atoms with Crippen LogP contribution in [0.25, 0.3) is 0 Å². The minimum atomic E-state index is -0.0698. The zero-order chi connectivity index (χ0) is 13.6. The highest BCUT2D eigenvalue weighted by Gasteiger charge is 2.34. The molecule has 1 rings (SSSR count). The lowest BCUT2D eigenvalue weighted by atomic mass is 9.84. The van der Waals surface area contributed by atoms with Crippen LogP contribution in [0.4, 0.5) is 0 Å². The molecule has 1 aromatic carbocycles. The third-order valence-electron chi connectivity index (χ3n) is 4.15. The molecular formula is C16H27NO. The predicted octanol–water partition coefficient (Wildman–Crippen LogP) is 3.33. The molecule has 1 N–H and O–H groups in total. The molecule has 0 saturated heterocycles. The zero-order valence-corrected chi connectivity index (χ0v) is 12.4. The predicted molar refractivity (Wildman–Crippen MR) is 78.1 cm³/mol. The summed E-state index contributed by atoms with van der Waals surface area (Å²) in [4.78, 5) is 0. The van der Waals surface area contributed by atoms with Crippen molar-refractivity contribution < 1.29 is 4.74 Å². The van der Waals surface area contributed by atoms with Crippen LogP contribution in [0.2, 0.25) is 0 Å². The SMILES string of the molecule is CCC(CC)(OC)C(Cc1ccc(C)cc1)NC. The van der Waals surface area contributed by atoms with E-state index in [0.717, 1.165) is 19.3 Å². The van der Waals surface area contributed by atoms with Crippen molar-refractivity contribution in [1.29, 1.82) is 0 Å². The summed E-state index contributed by atoms with van der Waals surface area (Å²) in [5, 5.41) is 3.43. The van der Waals surface area contributed by atoms with E-state index in [1.165, 1.54) is 11.1 Å². The molecule has 0 saturated carbocycles. The fraction of sp³-hybridized carbons (Fsp3) is 0.625. The molecule has 18 heavy (non-hydrogen) atoms. The Morgan fingerprint density at radius 1 is 1.17 bits per heavy atom. The molecule has 0 heterocycles. The Bertz CT molecular complexity index is 332. The summed E-state index contributed by atoms with van der Waals surface area (Å²) in [5.74, 6) is 0. The summed E-state index contributed by atoms with van der Waals surface area (Å²) >= 11 is 0. The van der Waals surface area contributed by atoms with Gasteiger partial charge in [0.1, 0.15) is 0 Å². The van der Waals surface area contributed by atoms with Gasteiger partial charge < -0.3 is 10.1 Å². The summed E-state index contributed by atoms with van der Waals surface area (Å²) in [7, 11) is 3.85. The van der Waals surface area contributed by atoms with Crippen molar-refractivity contribution in [3.63, 3.8) is 0 Å². The molecule has 0 aromatic heterocycles. The summed E-state index contributed by atoms with van der Waals surface area (Å²) in [5.41, 5.74) is 2.60. The Morgan fingerprint density at radius 3 is 2.11 bits per heavy atom. The van der Waals surface area contributed by atoms with E-state index in [9.17, 15) is 0 Å². The molecule has 0 aliphatic rings. The molecule has 0 aliphatic heterocycles. The van der Waals surface area contributed by atoms with Crippen LogP contribution >= 0.6 is 0 Å². The third kappa shape index (κ3) is 3.33. The first-order valence-corrected chi connectivity index (χ1v) is 6.89. The zero-order valence-electron chi connectivity index (χ0n) is 12.4. The second-order valence-corrected chi connectivity index (χ2v) is 5.01. The fourth-order valence-corrected chi connectivity index (χ4v) is 2.68. The van der Waals surface area contributed by atoms with Gasteiger partial charge in [0.05, 0.1) is 5.60 Å². The maximum absolute atomic E-state index is 5.82. The molecule has 0 spiro atoms. The van der Waals surface area contributed by atoms with Gasteiger partial charge in [-0.1, -0.05) is 43.7 Å². The van der Waals surface area contributed by atoms with Gasteiger partial charge in [0.25, 0.3) is 0 Å². The van der Waals surface area contributed by atoms with E-state index in [4.69, 9.17) is 4.74 Å². The average molecular weight is 249 g/mol. The number of aryl methyl sites for hydroxylation is 1. The van der Waals surface area contributed by atoms with E-state index in [1.807, 2.05) is 14.2 Å². The summed E-state index contributed by atoms with van der Waals surface area (Å²) < 4.78 is 5.82. The van der Waals surface area contributed by atoms with Crippen LogP contribution in [-0.2, 0) is 11.2 Å². The van der Waals surface area contributed by atoms with Gasteiger partial charge in [0.2, 0.25) is 0 Å². The highest BCUT2D eigenvalue weighted by Crippen LogP contribution is 2.26. The van der Waals surface area contributed by atoms with E-state index >= 15 is 0 Å². The third-order valence-corrected chi connectivity index (χ3v) is 4.15. The molecule has 0 fully saturated rings. The van der Waals surface area contributed by atoms with Crippen molar-refractivity contribution in [3.8, 4) is 0 Å². The van der Waals surface area contributed by atoms with Gasteiger partial charge in [0.15, 0.2) is 0 Å². The number of methoxy groups -OCH3 is 1. The Balaban J connectivity index is 2.86. The Morgan fingerprint density at radius 2 is 1.72 bits per heavy atom. The summed E-state index contributed by atoms with van der Waals surface area (Å²) in [6.45, 7) is 6.52. The van der Waals surface area contributed by atoms with Crippen molar-refractivity contribution in [3.05, 3.63) is 35.4 Å². The number of benzene rings is 1.